The molecule has 3 aliphatic carbocycles. The normalized spacial score (nSPS) is 25.7. The third-order valence-electron chi connectivity index (χ3n) is 9.05. The van der Waals surface area contributed by atoms with Crippen LogP contribution in [-0.4, -0.2) is 18.4 Å². The molecule has 0 aromatic heterocycles. The molecule has 2 saturated carbocycles. The molecule has 0 amide bonds. The lowest BCUT2D eigenvalue weighted by atomic mass is 9.55. The molecular weight excluding hydrogens is 593 g/mol. The van der Waals surface area contributed by atoms with Gasteiger partial charge in [0, 0.05) is 17.4 Å². The summed E-state index contributed by atoms with van der Waals surface area (Å²) in [5.41, 5.74) is 2.42. The highest BCUT2D eigenvalue weighted by Gasteiger charge is 2.54. The number of terminal acetylenes is 1. The smallest absolute Gasteiger partial charge is 0.373 e. The van der Waals surface area contributed by atoms with Crippen molar-refractivity contribution in [2.75, 3.05) is 0 Å². The number of fused-ring (bicyclic) bond motifs is 5. The molecule has 11 heteroatoms. The largest absolute Gasteiger partial charge is 0.500 e. The Morgan fingerprint density at radius 1 is 0.907 bits per heavy atom. The molecule has 2 unspecified atom stereocenters. The van der Waals surface area contributed by atoms with Crippen LogP contribution in [0.3, 0.4) is 0 Å². The maximum Gasteiger partial charge on any atom is 0.500 e. The standard InChI is InChI=1S/C32H30FNO7S2/c1-3-21-5-4-6-25(19-21)41-43(37,38)40-24-10-8-23(9-11-24)34-42(33,36)39-26-12-14-27-22(20-26)7-13-29-28(27)17-18-32(2)30(29)15-16-31(32)35/h1,4-6,8-12,14,19-20,28-30H,7,13,15-18H2,2H3/t28-,29-,30?,32+,42?/m1/s1. The van der Waals surface area contributed by atoms with Crippen molar-refractivity contribution in [2.24, 2.45) is 21.6 Å². The number of nitrogens with zero attached hydrogens (tertiary/aromatic N) is 1. The lowest BCUT2D eigenvalue weighted by molar-refractivity contribution is -0.129. The van der Waals surface area contributed by atoms with E-state index in [1.807, 2.05) is 6.07 Å². The minimum absolute atomic E-state index is 0.0228. The summed E-state index contributed by atoms with van der Waals surface area (Å²) in [5.74, 6) is 3.95. The fourth-order valence-corrected chi connectivity index (χ4v) is 8.57. The molecule has 3 aromatic rings. The summed E-state index contributed by atoms with van der Waals surface area (Å²) < 4.78 is 70.8. The number of rotatable bonds is 7. The van der Waals surface area contributed by atoms with Gasteiger partial charge in [0.2, 0.25) is 0 Å². The van der Waals surface area contributed by atoms with Crippen LogP contribution in [0.2, 0.25) is 0 Å². The Labute approximate surface area is 251 Å². The van der Waals surface area contributed by atoms with E-state index < -0.39 is 20.8 Å². The van der Waals surface area contributed by atoms with Gasteiger partial charge in [0.1, 0.15) is 23.0 Å². The first-order valence-electron chi connectivity index (χ1n) is 14.1. The average molecular weight is 624 g/mol. The van der Waals surface area contributed by atoms with Crippen molar-refractivity contribution >= 4 is 32.3 Å². The quantitative estimate of drug-likeness (QED) is 0.211. The molecule has 224 valence electrons. The van der Waals surface area contributed by atoms with Crippen molar-refractivity contribution < 1.29 is 33.9 Å². The van der Waals surface area contributed by atoms with Gasteiger partial charge in [0.15, 0.2) is 0 Å². The van der Waals surface area contributed by atoms with Crippen molar-refractivity contribution in [3.8, 4) is 29.6 Å². The van der Waals surface area contributed by atoms with Crippen LogP contribution in [0.15, 0.2) is 71.1 Å². The van der Waals surface area contributed by atoms with Gasteiger partial charge in [-0.3, -0.25) is 4.79 Å². The molecular formula is C32H30FNO7S2. The number of hydrogen-bond donors (Lipinski definition) is 0. The van der Waals surface area contributed by atoms with E-state index in [1.54, 1.807) is 18.2 Å². The minimum atomic E-state index is -4.62. The van der Waals surface area contributed by atoms with E-state index in [2.05, 4.69) is 17.2 Å². The van der Waals surface area contributed by atoms with E-state index in [-0.39, 0.29) is 28.4 Å². The number of halogens is 1. The highest BCUT2D eigenvalue weighted by molar-refractivity contribution is 7.84. The molecule has 0 heterocycles. The summed E-state index contributed by atoms with van der Waals surface area (Å²) in [6.45, 7) is 2.14. The summed E-state index contributed by atoms with van der Waals surface area (Å²) in [6, 6.07) is 16.1. The van der Waals surface area contributed by atoms with Gasteiger partial charge in [-0.25, -0.2) is 0 Å². The van der Waals surface area contributed by atoms with Crippen molar-refractivity contribution in [3.05, 3.63) is 83.4 Å². The predicted molar refractivity (Wildman–Crippen MR) is 159 cm³/mol. The molecule has 0 saturated heterocycles. The SMILES string of the molecule is C#Cc1cccc(OS(=O)(=O)Oc2ccc(N=S(=O)(F)Oc3ccc4c(c3)CC[C@H]3C5CCC(=O)[C@@]5(C)CC[C@H]43)cc2)c1. The van der Waals surface area contributed by atoms with E-state index in [1.165, 1.54) is 48.0 Å². The maximum atomic E-state index is 15.0. The summed E-state index contributed by atoms with van der Waals surface area (Å²) in [5, 5.41) is 0. The lowest BCUT2D eigenvalue weighted by Crippen LogP contribution is -2.42. The lowest BCUT2D eigenvalue weighted by Gasteiger charge is -2.48. The highest BCUT2D eigenvalue weighted by atomic mass is 32.3. The van der Waals surface area contributed by atoms with Crippen LogP contribution in [0.1, 0.15) is 61.6 Å². The Morgan fingerprint density at radius 2 is 1.63 bits per heavy atom. The second-order valence-corrected chi connectivity index (χ2v) is 13.8. The number of benzene rings is 3. The molecule has 0 radical (unpaired) electrons. The van der Waals surface area contributed by atoms with Gasteiger partial charge in [0.05, 0.1) is 5.69 Å². The van der Waals surface area contributed by atoms with Gasteiger partial charge in [0.25, 0.3) is 0 Å². The second kappa shape index (κ2) is 11.0. The van der Waals surface area contributed by atoms with Crippen molar-refractivity contribution in [2.45, 2.75) is 51.4 Å². The molecule has 0 bridgehead atoms. The number of aryl methyl sites for hydroxylation is 1. The molecule has 0 aliphatic heterocycles. The molecule has 3 aliphatic rings. The number of carbonyl (C=O) groups is 1. The first-order chi connectivity index (χ1) is 20.4. The van der Waals surface area contributed by atoms with Crippen molar-refractivity contribution in [1.29, 1.82) is 0 Å². The van der Waals surface area contributed by atoms with E-state index >= 15 is 3.89 Å². The first kappa shape index (κ1) is 29.2. The van der Waals surface area contributed by atoms with Crippen LogP contribution in [0.25, 0.3) is 0 Å². The number of Topliss-reactive ketones (excluding diaryl/α,β-unsaturated/α-hetero) is 1. The van der Waals surface area contributed by atoms with Crippen LogP contribution >= 0.6 is 0 Å². The number of ketones is 1. The van der Waals surface area contributed by atoms with Crippen LogP contribution in [0, 0.1) is 29.6 Å². The summed E-state index contributed by atoms with van der Waals surface area (Å²) in [4.78, 5) is 12.6. The highest BCUT2D eigenvalue weighted by Crippen LogP contribution is 2.59. The van der Waals surface area contributed by atoms with Gasteiger partial charge in [-0.1, -0.05) is 28.9 Å². The monoisotopic (exact) mass is 623 g/mol. The van der Waals surface area contributed by atoms with E-state index in [0.717, 1.165) is 37.7 Å². The zero-order valence-electron chi connectivity index (χ0n) is 23.4. The fraction of sp³-hybridized carbons (Fsp3) is 0.344. The van der Waals surface area contributed by atoms with Crippen LogP contribution in [0.4, 0.5) is 9.57 Å². The molecule has 2 fully saturated rings. The van der Waals surface area contributed by atoms with Crippen LogP contribution in [-0.2, 0) is 32.0 Å². The second-order valence-electron chi connectivity index (χ2n) is 11.5. The summed E-state index contributed by atoms with van der Waals surface area (Å²) in [7, 11) is -9.12. The van der Waals surface area contributed by atoms with E-state index in [0.29, 0.717) is 35.5 Å². The Morgan fingerprint density at radius 3 is 2.40 bits per heavy atom. The first-order valence-corrected chi connectivity index (χ1v) is 16.7. The molecule has 43 heavy (non-hydrogen) atoms. The zero-order chi connectivity index (χ0) is 30.4. The Balaban J connectivity index is 1.12. The molecule has 0 N–H and O–H groups in total. The zero-order valence-corrected chi connectivity index (χ0v) is 25.0. The number of hydrogen-bond acceptors (Lipinski definition) is 8. The van der Waals surface area contributed by atoms with Gasteiger partial charge in [-0.15, -0.1) is 19.2 Å². The molecule has 5 atom stereocenters. The van der Waals surface area contributed by atoms with Gasteiger partial charge < -0.3 is 12.5 Å². The molecule has 3 aromatic carbocycles. The molecule has 6 rings (SSSR count). The number of carbonyl (C=O) groups excluding carboxylic acids is 1. The topological polar surface area (TPSA) is 108 Å². The Bertz CT molecular complexity index is 1860. The third-order valence-corrected chi connectivity index (χ3v) is 10.7. The van der Waals surface area contributed by atoms with Crippen molar-refractivity contribution in [1.82, 2.24) is 0 Å². The van der Waals surface area contributed by atoms with Crippen molar-refractivity contribution in [3.63, 3.8) is 0 Å². The summed E-state index contributed by atoms with van der Waals surface area (Å²) >= 11 is 0. The van der Waals surface area contributed by atoms with Gasteiger partial charge in [-0.2, -0.15) is 4.21 Å². The molecule has 0 spiro atoms. The minimum Gasteiger partial charge on any atom is -0.373 e. The third kappa shape index (κ3) is 5.99. The van der Waals surface area contributed by atoms with Gasteiger partial charge >= 0.3 is 20.8 Å². The van der Waals surface area contributed by atoms with Crippen LogP contribution in [0.5, 0.6) is 17.2 Å². The maximum absolute atomic E-state index is 15.0. The predicted octanol–water partition coefficient (Wildman–Crippen LogP) is 6.77. The fourth-order valence-electron chi connectivity index (χ4n) is 7.10. The van der Waals surface area contributed by atoms with E-state index in [9.17, 15) is 17.4 Å². The average Bonchev–Trinajstić information content (AvgIpc) is 3.27. The van der Waals surface area contributed by atoms with Gasteiger partial charge in [-0.05, 0) is 116 Å². The van der Waals surface area contributed by atoms with Crippen LogP contribution < -0.4 is 12.5 Å². The molecule has 8 nitrogen and oxygen atoms in total. The summed E-state index contributed by atoms with van der Waals surface area (Å²) in [6.07, 6.45) is 10.5. The Kier molecular flexibility index (Phi) is 7.47. The van der Waals surface area contributed by atoms with E-state index in [4.69, 9.17) is 19.0 Å². The Hall–Kier alpha value is -3.88.